The van der Waals surface area contributed by atoms with E-state index in [-0.39, 0.29) is 17.6 Å². The minimum Gasteiger partial charge on any atom is -0.356 e. The molecule has 1 aliphatic rings. The molecule has 0 aliphatic carbocycles. The molecule has 1 N–H and O–H groups in total. The van der Waals surface area contributed by atoms with Crippen LogP contribution in [0.5, 0.6) is 0 Å². The summed E-state index contributed by atoms with van der Waals surface area (Å²) < 4.78 is 40.2. The lowest BCUT2D eigenvalue weighted by Crippen LogP contribution is -2.41. The van der Waals surface area contributed by atoms with Crippen LogP contribution in [-0.4, -0.2) is 45.1 Å². The molecule has 3 aromatic heterocycles. The van der Waals surface area contributed by atoms with E-state index >= 15 is 0 Å². The Morgan fingerprint density at radius 3 is 2.73 bits per heavy atom. The molecule has 11 heteroatoms. The zero-order valence-corrected chi connectivity index (χ0v) is 17.1. The highest BCUT2D eigenvalue weighted by molar-refractivity contribution is 7.09. The molecule has 0 atom stereocenters. The second-order valence-corrected chi connectivity index (χ2v) is 8.31. The smallest absolute Gasteiger partial charge is 0.356 e. The Morgan fingerprint density at radius 1 is 1.30 bits per heavy atom. The quantitative estimate of drug-likeness (QED) is 0.663. The molecular weight excluding hydrogens is 417 g/mol. The summed E-state index contributed by atoms with van der Waals surface area (Å²) >= 11 is 1.67. The van der Waals surface area contributed by atoms with E-state index in [9.17, 15) is 18.0 Å². The van der Waals surface area contributed by atoms with Gasteiger partial charge in [0.2, 0.25) is 5.91 Å². The third kappa shape index (κ3) is 4.40. The summed E-state index contributed by atoms with van der Waals surface area (Å²) in [4.78, 5) is 23.2. The van der Waals surface area contributed by atoms with Crippen LogP contribution in [0.25, 0.3) is 5.78 Å². The van der Waals surface area contributed by atoms with E-state index in [0.717, 1.165) is 10.9 Å². The zero-order chi connectivity index (χ0) is 21.3. The highest BCUT2D eigenvalue weighted by atomic mass is 32.1. The number of amides is 1. The molecule has 0 radical (unpaired) electrons. The Balaban J connectivity index is 1.40. The Bertz CT molecular complexity index is 1020. The fraction of sp³-hybridized carbons (Fsp3) is 0.474. The first-order valence-corrected chi connectivity index (χ1v) is 10.6. The predicted octanol–water partition coefficient (Wildman–Crippen LogP) is 3.09. The molecule has 30 heavy (non-hydrogen) atoms. The number of fused-ring (bicyclic) bond motifs is 1. The number of carbonyl (C=O) groups excluding carboxylic acids is 1. The average Bonchev–Trinajstić information content (AvgIpc) is 3.36. The highest BCUT2D eigenvalue weighted by Crippen LogP contribution is 2.29. The summed E-state index contributed by atoms with van der Waals surface area (Å²) in [6.45, 7) is 3.40. The van der Waals surface area contributed by atoms with Gasteiger partial charge < -0.3 is 10.2 Å². The Morgan fingerprint density at radius 2 is 2.07 bits per heavy atom. The number of hydrogen-bond acceptors (Lipinski definition) is 6. The molecule has 0 bridgehead atoms. The van der Waals surface area contributed by atoms with Crippen LogP contribution in [0.2, 0.25) is 0 Å². The topological polar surface area (TPSA) is 75.4 Å². The van der Waals surface area contributed by atoms with E-state index in [0.29, 0.717) is 44.0 Å². The van der Waals surface area contributed by atoms with Crippen molar-refractivity contribution in [3.05, 3.63) is 40.0 Å². The van der Waals surface area contributed by atoms with Gasteiger partial charge in [0.05, 0.1) is 0 Å². The number of hydrogen-bond donors (Lipinski definition) is 1. The molecule has 1 fully saturated rings. The van der Waals surface area contributed by atoms with Crippen LogP contribution in [0.15, 0.2) is 23.6 Å². The van der Waals surface area contributed by atoms with Gasteiger partial charge >= 0.3 is 6.18 Å². The van der Waals surface area contributed by atoms with Crippen molar-refractivity contribution in [2.45, 2.75) is 32.4 Å². The zero-order valence-electron chi connectivity index (χ0n) is 16.3. The number of aryl methyl sites for hydroxylation is 1. The number of carbonyl (C=O) groups is 1. The molecule has 4 heterocycles. The fourth-order valence-electron chi connectivity index (χ4n) is 3.59. The summed E-state index contributed by atoms with van der Waals surface area (Å²) in [5, 5.41) is 8.62. The average molecular weight is 438 g/mol. The van der Waals surface area contributed by atoms with Crippen LogP contribution >= 0.6 is 11.3 Å². The SMILES string of the molecule is Cc1cc(N2CCC(C(=O)NCCc3cccs3)CC2)n2nc(C(F)(F)F)nc2n1. The van der Waals surface area contributed by atoms with E-state index in [1.807, 2.05) is 22.4 Å². The number of aromatic nitrogens is 4. The normalized spacial score (nSPS) is 15.7. The van der Waals surface area contributed by atoms with E-state index < -0.39 is 12.0 Å². The van der Waals surface area contributed by atoms with Crippen LogP contribution < -0.4 is 10.2 Å². The van der Waals surface area contributed by atoms with Gasteiger partial charge in [-0.15, -0.1) is 16.4 Å². The number of piperidine rings is 1. The van der Waals surface area contributed by atoms with Crippen molar-refractivity contribution in [1.29, 1.82) is 0 Å². The summed E-state index contributed by atoms with van der Waals surface area (Å²) in [5.74, 6) is -0.850. The summed E-state index contributed by atoms with van der Waals surface area (Å²) in [6, 6.07) is 5.73. The van der Waals surface area contributed by atoms with Gasteiger partial charge in [0, 0.05) is 42.2 Å². The van der Waals surface area contributed by atoms with Gasteiger partial charge in [-0.1, -0.05) is 6.07 Å². The molecule has 1 aliphatic heterocycles. The van der Waals surface area contributed by atoms with Crippen LogP contribution in [0.1, 0.15) is 29.2 Å². The maximum atomic E-state index is 13.0. The van der Waals surface area contributed by atoms with Crippen molar-refractivity contribution in [3.63, 3.8) is 0 Å². The third-order valence-electron chi connectivity index (χ3n) is 5.12. The second kappa shape index (κ2) is 8.21. The number of alkyl halides is 3. The molecular formula is C19H21F3N6OS. The molecule has 3 aromatic rings. The number of thiophene rings is 1. The number of nitrogens with one attached hydrogen (secondary N) is 1. The summed E-state index contributed by atoms with van der Waals surface area (Å²) in [5.41, 5.74) is 0.562. The van der Waals surface area contributed by atoms with E-state index in [1.54, 1.807) is 24.3 Å². The van der Waals surface area contributed by atoms with Crippen molar-refractivity contribution < 1.29 is 18.0 Å². The molecule has 0 aromatic carbocycles. The summed E-state index contributed by atoms with van der Waals surface area (Å²) in [6.07, 6.45) is -2.58. The van der Waals surface area contributed by atoms with Crippen LogP contribution in [-0.2, 0) is 17.4 Å². The first-order chi connectivity index (χ1) is 14.3. The van der Waals surface area contributed by atoms with Crippen LogP contribution in [0.4, 0.5) is 19.0 Å². The maximum absolute atomic E-state index is 13.0. The van der Waals surface area contributed by atoms with Gasteiger partial charge in [0.15, 0.2) is 0 Å². The van der Waals surface area contributed by atoms with E-state index in [4.69, 9.17) is 0 Å². The lowest BCUT2D eigenvalue weighted by atomic mass is 9.96. The van der Waals surface area contributed by atoms with Crippen LogP contribution in [0, 0.1) is 12.8 Å². The molecule has 1 saturated heterocycles. The molecule has 0 saturated carbocycles. The van der Waals surface area contributed by atoms with Crippen molar-refractivity contribution >= 4 is 28.8 Å². The van der Waals surface area contributed by atoms with Gasteiger partial charge in [-0.25, -0.2) is 4.98 Å². The highest BCUT2D eigenvalue weighted by Gasteiger charge is 2.37. The number of halogens is 3. The van der Waals surface area contributed by atoms with Crippen LogP contribution in [0.3, 0.4) is 0 Å². The molecule has 4 rings (SSSR count). The first-order valence-electron chi connectivity index (χ1n) is 9.68. The molecule has 7 nitrogen and oxygen atoms in total. The first kappa shape index (κ1) is 20.6. The van der Waals surface area contributed by atoms with Crippen molar-refractivity contribution in [3.8, 4) is 0 Å². The summed E-state index contributed by atoms with van der Waals surface area (Å²) in [7, 11) is 0. The Labute approximate surface area is 174 Å². The number of nitrogens with zero attached hydrogens (tertiary/aromatic N) is 5. The fourth-order valence-corrected chi connectivity index (χ4v) is 4.30. The van der Waals surface area contributed by atoms with E-state index in [2.05, 4.69) is 20.4 Å². The Hall–Kier alpha value is -2.69. The molecule has 0 spiro atoms. The molecule has 160 valence electrons. The number of rotatable bonds is 5. The van der Waals surface area contributed by atoms with Gasteiger partial charge in [0.1, 0.15) is 5.82 Å². The monoisotopic (exact) mass is 438 g/mol. The third-order valence-corrected chi connectivity index (χ3v) is 6.05. The van der Waals surface area contributed by atoms with Crippen molar-refractivity contribution in [2.24, 2.45) is 5.92 Å². The number of anilines is 1. The van der Waals surface area contributed by atoms with E-state index in [1.165, 1.54) is 4.88 Å². The predicted molar refractivity (Wildman–Crippen MR) is 106 cm³/mol. The van der Waals surface area contributed by atoms with Crippen molar-refractivity contribution in [2.75, 3.05) is 24.5 Å². The van der Waals surface area contributed by atoms with Gasteiger partial charge in [-0.2, -0.15) is 22.7 Å². The minimum absolute atomic E-state index is 0.0300. The molecule has 0 unspecified atom stereocenters. The second-order valence-electron chi connectivity index (χ2n) is 7.28. The lowest BCUT2D eigenvalue weighted by Gasteiger charge is -2.32. The van der Waals surface area contributed by atoms with Gasteiger partial charge in [-0.3, -0.25) is 4.79 Å². The maximum Gasteiger partial charge on any atom is 0.453 e. The lowest BCUT2D eigenvalue weighted by molar-refractivity contribution is -0.144. The molecule has 1 amide bonds. The standard InChI is InChI=1S/C19H21F3N6OS/c1-12-11-15(28-18(24-12)25-17(26-28)19(20,21)22)27-8-5-13(6-9-27)16(29)23-7-4-14-3-2-10-30-14/h2-3,10-11,13H,4-9H2,1H3,(H,23,29). The largest absolute Gasteiger partial charge is 0.453 e. The minimum atomic E-state index is -4.63. The van der Waals surface area contributed by atoms with Crippen molar-refractivity contribution in [1.82, 2.24) is 24.9 Å². The van der Waals surface area contributed by atoms with Gasteiger partial charge in [-0.05, 0) is 37.6 Å². The Kier molecular flexibility index (Phi) is 5.63. The van der Waals surface area contributed by atoms with Gasteiger partial charge in [0.25, 0.3) is 11.6 Å².